The van der Waals surface area contributed by atoms with Crippen LogP contribution in [-0.2, 0) is 10.2 Å². The zero-order valence-electron chi connectivity index (χ0n) is 10.2. The number of hydrogen-bond donors (Lipinski definition) is 2. The topological polar surface area (TPSA) is 63.8 Å². The number of nitrogens with two attached hydrogens (primary N) is 1. The van der Waals surface area contributed by atoms with Crippen LogP contribution in [0, 0.1) is 4.77 Å². The van der Waals surface area contributed by atoms with Crippen LogP contribution in [0.1, 0.15) is 45.9 Å². The van der Waals surface area contributed by atoms with Crippen LogP contribution in [0.25, 0.3) is 0 Å². The van der Waals surface area contributed by atoms with Gasteiger partial charge in [0.25, 0.3) is 0 Å². The minimum atomic E-state index is -0.310. The van der Waals surface area contributed by atoms with Gasteiger partial charge < -0.3 is 15.3 Å². The van der Waals surface area contributed by atoms with Gasteiger partial charge in [-0.1, -0.05) is 20.8 Å². The summed E-state index contributed by atoms with van der Waals surface area (Å²) in [4.78, 5) is 14.0. The number of rotatable bonds is 3. The molecule has 1 aromatic rings. The van der Waals surface area contributed by atoms with Crippen molar-refractivity contribution in [2.75, 3.05) is 0 Å². The maximum Gasteiger partial charge on any atom is 0.219 e. The van der Waals surface area contributed by atoms with Gasteiger partial charge in [0.15, 0.2) is 4.77 Å². The summed E-state index contributed by atoms with van der Waals surface area (Å²) in [6, 6.07) is -0.00882. The van der Waals surface area contributed by atoms with Crippen molar-refractivity contribution in [3.63, 3.8) is 0 Å². The van der Waals surface area contributed by atoms with Gasteiger partial charge in [-0.2, -0.15) is 0 Å². The molecule has 1 rings (SSSR count). The summed E-state index contributed by atoms with van der Waals surface area (Å²) in [5, 5.41) is 0. The standard InChI is InChI=1S/C11H19N3OS/c1-7(5-9(12)15)14-8(11(2,3)4)6-13-10(14)16/h6-7H,5H2,1-4H3,(H2,12,15)(H,13,16). The van der Waals surface area contributed by atoms with E-state index in [2.05, 4.69) is 25.8 Å². The summed E-state index contributed by atoms with van der Waals surface area (Å²) in [5.74, 6) is -0.310. The van der Waals surface area contributed by atoms with Crippen LogP contribution < -0.4 is 5.73 Å². The predicted octanol–water partition coefficient (Wildman–Crippen LogP) is 2.28. The molecule has 1 amide bonds. The molecule has 5 heteroatoms. The normalized spacial score (nSPS) is 13.8. The SMILES string of the molecule is CC(CC(N)=O)n1c(C(C)(C)C)c[nH]c1=S. The number of carbonyl (C=O) groups is 1. The number of H-pyrrole nitrogens is 1. The first-order valence-corrected chi connectivity index (χ1v) is 5.73. The molecule has 0 aliphatic carbocycles. The van der Waals surface area contributed by atoms with E-state index < -0.39 is 0 Å². The highest BCUT2D eigenvalue weighted by Gasteiger charge is 2.22. The number of aromatic amines is 1. The van der Waals surface area contributed by atoms with E-state index in [0.29, 0.717) is 11.2 Å². The lowest BCUT2D eigenvalue weighted by Gasteiger charge is -2.24. The van der Waals surface area contributed by atoms with Crippen LogP contribution in [0.2, 0.25) is 0 Å². The van der Waals surface area contributed by atoms with E-state index in [0.717, 1.165) is 5.69 Å². The number of primary amides is 1. The minimum absolute atomic E-state index is 0.00882. The van der Waals surface area contributed by atoms with E-state index >= 15 is 0 Å². The van der Waals surface area contributed by atoms with Gasteiger partial charge in [0, 0.05) is 29.8 Å². The van der Waals surface area contributed by atoms with E-state index in [9.17, 15) is 4.79 Å². The highest BCUT2D eigenvalue weighted by Crippen LogP contribution is 2.26. The van der Waals surface area contributed by atoms with Crippen molar-refractivity contribution in [1.82, 2.24) is 9.55 Å². The van der Waals surface area contributed by atoms with Crippen molar-refractivity contribution >= 4 is 18.1 Å². The first kappa shape index (κ1) is 13.0. The van der Waals surface area contributed by atoms with Crippen molar-refractivity contribution < 1.29 is 4.79 Å². The molecule has 0 aliphatic rings. The zero-order chi connectivity index (χ0) is 12.5. The Kier molecular flexibility index (Phi) is 3.57. The first-order valence-electron chi connectivity index (χ1n) is 5.32. The largest absolute Gasteiger partial charge is 0.370 e. The molecule has 0 aromatic carbocycles. The molecule has 1 aromatic heterocycles. The first-order chi connectivity index (χ1) is 7.23. The third-order valence-corrected chi connectivity index (χ3v) is 2.83. The van der Waals surface area contributed by atoms with Gasteiger partial charge in [-0.15, -0.1) is 0 Å². The molecular weight excluding hydrogens is 222 g/mol. The van der Waals surface area contributed by atoms with Gasteiger partial charge in [0.2, 0.25) is 5.91 Å². The fraction of sp³-hybridized carbons (Fsp3) is 0.636. The van der Waals surface area contributed by atoms with E-state index in [1.807, 2.05) is 17.7 Å². The lowest BCUT2D eigenvalue weighted by atomic mass is 9.92. The number of nitrogens with zero attached hydrogens (tertiary/aromatic N) is 1. The van der Waals surface area contributed by atoms with Crippen LogP contribution >= 0.6 is 12.2 Å². The summed E-state index contributed by atoms with van der Waals surface area (Å²) in [7, 11) is 0. The molecule has 4 nitrogen and oxygen atoms in total. The van der Waals surface area contributed by atoms with E-state index in [4.69, 9.17) is 18.0 Å². The molecule has 1 heterocycles. The van der Waals surface area contributed by atoms with Crippen LogP contribution in [-0.4, -0.2) is 15.5 Å². The molecule has 0 radical (unpaired) electrons. The molecule has 1 unspecified atom stereocenters. The molecule has 0 bridgehead atoms. The summed E-state index contributed by atoms with van der Waals surface area (Å²) in [6.45, 7) is 8.28. The Labute approximate surface area is 101 Å². The van der Waals surface area contributed by atoms with Crippen molar-refractivity contribution in [3.8, 4) is 0 Å². The van der Waals surface area contributed by atoms with Gasteiger partial charge >= 0.3 is 0 Å². The molecule has 0 saturated carbocycles. The number of nitrogens with one attached hydrogen (secondary N) is 1. The number of aromatic nitrogens is 2. The van der Waals surface area contributed by atoms with Crippen molar-refractivity contribution in [3.05, 3.63) is 16.7 Å². The zero-order valence-corrected chi connectivity index (χ0v) is 11.0. The van der Waals surface area contributed by atoms with Crippen molar-refractivity contribution in [1.29, 1.82) is 0 Å². The van der Waals surface area contributed by atoms with Crippen LogP contribution in [0.15, 0.2) is 6.20 Å². The van der Waals surface area contributed by atoms with Gasteiger partial charge in [-0.25, -0.2) is 0 Å². The average Bonchev–Trinajstić information content (AvgIpc) is 2.44. The van der Waals surface area contributed by atoms with Crippen molar-refractivity contribution in [2.45, 2.75) is 45.6 Å². The lowest BCUT2D eigenvalue weighted by Crippen LogP contribution is -2.23. The predicted molar refractivity (Wildman–Crippen MR) is 66.8 cm³/mol. The lowest BCUT2D eigenvalue weighted by molar-refractivity contribution is -0.118. The second-order valence-electron chi connectivity index (χ2n) is 5.12. The highest BCUT2D eigenvalue weighted by molar-refractivity contribution is 7.71. The Morgan fingerprint density at radius 2 is 2.19 bits per heavy atom. The van der Waals surface area contributed by atoms with E-state index in [1.54, 1.807) is 0 Å². The summed E-state index contributed by atoms with van der Waals surface area (Å²) in [6.07, 6.45) is 2.20. The molecule has 0 aliphatic heterocycles. The van der Waals surface area contributed by atoms with Gasteiger partial charge in [0.1, 0.15) is 0 Å². The molecule has 90 valence electrons. The molecule has 0 saturated heterocycles. The second-order valence-corrected chi connectivity index (χ2v) is 5.51. The maximum absolute atomic E-state index is 10.9. The maximum atomic E-state index is 10.9. The number of hydrogen-bond acceptors (Lipinski definition) is 2. The Morgan fingerprint density at radius 3 is 2.62 bits per heavy atom. The van der Waals surface area contributed by atoms with Gasteiger partial charge in [-0.3, -0.25) is 4.79 Å². The van der Waals surface area contributed by atoms with E-state index in [-0.39, 0.29) is 17.4 Å². The van der Waals surface area contributed by atoms with Crippen LogP contribution in [0.5, 0.6) is 0 Å². The average molecular weight is 241 g/mol. The summed E-state index contributed by atoms with van der Waals surface area (Å²) in [5.41, 5.74) is 6.29. The molecule has 16 heavy (non-hydrogen) atoms. The Bertz CT molecular complexity index is 439. The number of amides is 1. The Morgan fingerprint density at radius 1 is 1.62 bits per heavy atom. The highest BCUT2D eigenvalue weighted by atomic mass is 32.1. The number of carbonyl (C=O) groups excluding carboxylic acids is 1. The Balaban J connectivity index is 3.17. The van der Waals surface area contributed by atoms with Crippen molar-refractivity contribution in [2.24, 2.45) is 5.73 Å². The molecule has 0 fully saturated rings. The monoisotopic (exact) mass is 241 g/mol. The summed E-state index contributed by atoms with van der Waals surface area (Å²) < 4.78 is 2.61. The third kappa shape index (κ3) is 2.72. The van der Waals surface area contributed by atoms with Crippen LogP contribution in [0.4, 0.5) is 0 Å². The number of imidazole rings is 1. The Hall–Kier alpha value is -1.10. The van der Waals surface area contributed by atoms with Gasteiger partial charge in [0.05, 0.1) is 0 Å². The molecular formula is C11H19N3OS. The smallest absolute Gasteiger partial charge is 0.219 e. The fourth-order valence-corrected chi connectivity index (χ4v) is 2.11. The van der Waals surface area contributed by atoms with Gasteiger partial charge in [-0.05, 0) is 19.1 Å². The fourth-order valence-electron chi connectivity index (χ4n) is 1.78. The molecule has 1 atom stereocenters. The minimum Gasteiger partial charge on any atom is -0.370 e. The van der Waals surface area contributed by atoms with Crippen LogP contribution in [0.3, 0.4) is 0 Å². The molecule has 3 N–H and O–H groups in total. The second kappa shape index (κ2) is 4.41. The quantitative estimate of drug-likeness (QED) is 0.797. The van der Waals surface area contributed by atoms with E-state index in [1.165, 1.54) is 0 Å². The third-order valence-electron chi connectivity index (χ3n) is 2.52. The molecule has 0 spiro atoms. The summed E-state index contributed by atoms with van der Waals surface area (Å²) >= 11 is 5.23.